The molecule has 3 nitrogen and oxygen atoms in total. The Morgan fingerprint density at radius 3 is 2.35 bits per heavy atom. The standard InChI is InChI=1S/C17H24N2O/c1-12(2)14-5-4-6-17(7-14)19-10-15-8-18(13(3)20)9-16(15)11-19/h4-7,12,15-16H,8-11H2,1-3H3. The second kappa shape index (κ2) is 5.12. The highest BCUT2D eigenvalue weighted by molar-refractivity contribution is 5.73. The number of hydrogen-bond acceptors (Lipinski definition) is 2. The quantitative estimate of drug-likeness (QED) is 0.826. The number of benzene rings is 1. The molecule has 2 heterocycles. The molecule has 2 aliphatic rings. The minimum absolute atomic E-state index is 0.229. The van der Waals surface area contributed by atoms with Gasteiger partial charge in [0, 0.05) is 50.6 Å². The van der Waals surface area contributed by atoms with Crippen molar-refractivity contribution in [2.75, 3.05) is 31.1 Å². The van der Waals surface area contributed by atoms with Gasteiger partial charge in [-0.05, 0) is 23.6 Å². The average Bonchev–Trinajstić information content (AvgIpc) is 2.96. The van der Waals surface area contributed by atoms with E-state index in [0.717, 1.165) is 26.2 Å². The summed E-state index contributed by atoms with van der Waals surface area (Å²) in [5.41, 5.74) is 2.75. The summed E-state index contributed by atoms with van der Waals surface area (Å²) >= 11 is 0. The zero-order chi connectivity index (χ0) is 14.3. The first-order valence-corrected chi connectivity index (χ1v) is 7.65. The molecule has 3 rings (SSSR count). The molecule has 1 aromatic rings. The summed E-state index contributed by atoms with van der Waals surface area (Å²) in [5, 5.41) is 0. The first kappa shape index (κ1) is 13.5. The van der Waals surface area contributed by atoms with Crippen molar-refractivity contribution in [3.8, 4) is 0 Å². The summed E-state index contributed by atoms with van der Waals surface area (Å²) in [6, 6.07) is 8.92. The van der Waals surface area contributed by atoms with Crippen molar-refractivity contribution in [3.63, 3.8) is 0 Å². The molecule has 0 saturated carbocycles. The van der Waals surface area contributed by atoms with Gasteiger partial charge in [0.05, 0.1) is 0 Å². The van der Waals surface area contributed by atoms with E-state index < -0.39 is 0 Å². The largest absolute Gasteiger partial charge is 0.371 e. The Balaban J connectivity index is 1.70. The zero-order valence-corrected chi connectivity index (χ0v) is 12.7. The van der Waals surface area contributed by atoms with Crippen molar-refractivity contribution in [1.29, 1.82) is 0 Å². The Morgan fingerprint density at radius 2 is 1.80 bits per heavy atom. The van der Waals surface area contributed by atoms with Crippen molar-refractivity contribution in [1.82, 2.24) is 4.90 Å². The normalized spacial score (nSPS) is 25.4. The number of carbonyl (C=O) groups excluding carboxylic acids is 1. The van der Waals surface area contributed by atoms with E-state index in [1.54, 1.807) is 6.92 Å². The molecule has 2 atom stereocenters. The van der Waals surface area contributed by atoms with Crippen LogP contribution in [0.25, 0.3) is 0 Å². The number of hydrogen-bond donors (Lipinski definition) is 0. The van der Waals surface area contributed by atoms with Gasteiger partial charge >= 0.3 is 0 Å². The molecule has 0 radical (unpaired) electrons. The third kappa shape index (κ3) is 2.41. The van der Waals surface area contributed by atoms with Crippen LogP contribution in [0.3, 0.4) is 0 Å². The minimum Gasteiger partial charge on any atom is -0.371 e. The first-order chi connectivity index (χ1) is 9.54. The van der Waals surface area contributed by atoms with Crippen LogP contribution in [0.4, 0.5) is 5.69 Å². The van der Waals surface area contributed by atoms with Crippen LogP contribution in [0.5, 0.6) is 0 Å². The number of fused-ring (bicyclic) bond motifs is 1. The Hall–Kier alpha value is -1.51. The van der Waals surface area contributed by atoms with E-state index in [-0.39, 0.29) is 5.91 Å². The van der Waals surface area contributed by atoms with Gasteiger partial charge in [0.25, 0.3) is 0 Å². The molecule has 20 heavy (non-hydrogen) atoms. The van der Waals surface area contributed by atoms with Crippen LogP contribution >= 0.6 is 0 Å². The van der Waals surface area contributed by atoms with Crippen molar-refractivity contribution < 1.29 is 4.79 Å². The number of nitrogens with zero attached hydrogens (tertiary/aromatic N) is 2. The van der Waals surface area contributed by atoms with Crippen LogP contribution in [0, 0.1) is 11.8 Å². The predicted octanol–water partition coefficient (Wildman–Crippen LogP) is 2.72. The molecule has 108 valence electrons. The summed E-state index contributed by atoms with van der Waals surface area (Å²) in [5.74, 6) is 2.11. The molecular formula is C17H24N2O. The highest BCUT2D eigenvalue weighted by atomic mass is 16.2. The molecule has 2 saturated heterocycles. The van der Waals surface area contributed by atoms with Crippen molar-refractivity contribution in [3.05, 3.63) is 29.8 Å². The number of anilines is 1. The molecule has 0 aromatic heterocycles. The van der Waals surface area contributed by atoms with Gasteiger partial charge in [0.1, 0.15) is 0 Å². The number of rotatable bonds is 2. The lowest BCUT2D eigenvalue weighted by molar-refractivity contribution is -0.128. The van der Waals surface area contributed by atoms with E-state index in [9.17, 15) is 4.79 Å². The van der Waals surface area contributed by atoms with Crippen LogP contribution in [0.15, 0.2) is 24.3 Å². The van der Waals surface area contributed by atoms with Gasteiger partial charge in [0.2, 0.25) is 5.91 Å². The highest BCUT2D eigenvalue weighted by Gasteiger charge is 2.40. The van der Waals surface area contributed by atoms with Crippen molar-refractivity contribution in [2.45, 2.75) is 26.7 Å². The van der Waals surface area contributed by atoms with Crippen LogP contribution in [0.2, 0.25) is 0 Å². The lowest BCUT2D eigenvalue weighted by Crippen LogP contribution is -2.31. The Bertz CT molecular complexity index is 497. The summed E-state index contributed by atoms with van der Waals surface area (Å²) in [4.78, 5) is 16.0. The summed E-state index contributed by atoms with van der Waals surface area (Å²) in [7, 11) is 0. The van der Waals surface area contributed by atoms with Crippen LogP contribution < -0.4 is 4.90 Å². The van der Waals surface area contributed by atoms with Gasteiger partial charge in [-0.15, -0.1) is 0 Å². The Labute approximate surface area is 121 Å². The Kier molecular flexibility index (Phi) is 3.45. The maximum Gasteiger partial charge on any atom is 0.219 e. The third-order valence-corrected chi connectivity index (χ3v) is 4.83. The van der Waals surface area contributed by atoms with Gasteiger partial charge in [-0.3, -0.25) is 4.79 Å². The van der Waals surface area contributed by atoms with Gasteiger partial charge in [-0.25, -0.2) is 0 Å². The third-order valence-electron chi connectivity index (χ3n) is 4.83. The topological polar surface area (TPSA) is 23.6 Å². The van der Waals surface area contributed by atoms with E-state index in [0.29, 0.717) is 17.8 Å². The van der Waals surface area contributed by atoms with Crippen LogP contribution in [0.1, 0.15) is 32.3 Å². The molecule has 1 aromatic carbocycles. The molecule has 1 amide bonds. The summed E-state index contributed by atoms with van der Waals surface area (Å²) < 4.78 is 0. The molecule has 2 unspecified atom stereocenters. The SMILES string of the molecule is CC(=O)N1CC2CN(c3cccc(C(C)C)c3)CC2C1. The molecule has 2 fully saturated rings. The maximum atomic E-state index is 11.5. The molecule has 0 aliphatic carbocycles. The first-order valence-electron chi connectivity index (χ1n) is 7.65. The van der Waals surface area contributed by atoms with Gasteiger partial charge in [-0.2, -0.15) is 0 Å². The molecule has 0 N–H and O–H groups in total. The molecular weight excluding hydrogens is 248 g/mol. The molecule has 3 heteroatoms. The summed E-state index contributed by atoms with van der Waals surface area (Å²) in [6.07, 6.45) is 0. The average molecular weight is 272 g/mol. The molecule has 0 spiro atoms. The lowest BCUT2D eigenvalue weighted by atomic mass is 10.0. The van der Waals surface area contributed by atoms with E-state index in [4.69, 9.17) is 0 Å². The second-order valence-electron chi connectivity index (χ2n) is 6.60. The summed E-state index contributed by atoms with van der Waals surface area (Å²) in [6.45, 7) is 10.2. The fraction of sp³-hybridized carbons (Fsp3) is 0.588. The number of amides is 1. The fourth-order valence-corrected chi connectivity index (χ4v) is 3.54. The number of likely N-dealkylation sites (tertiary alicyclic amines) is 1. The minimum atomic E-state index is 0.229. The fourth-order valence-electron chi connectivity index (χ4n) is 3.54. The van der Waals surface area contributed by atoms with Gasteiger partial charge in [-0.1, -0.05) is 26.0 Å². The second-order valence-corrected chi connectivity index (χ2v) is 6.60. The zero-order valence-electron chi connectivity index (χ0n) is 12.7. The van der Waals surface area contributed by atoms with E-state index in [1.807, 2.05) is 4.90 Å². The molecule has 2 aliphatic heterocycles. The van der Waals surface area contributed by atoms with E-state index in [2.05, 4.69) is 43.0 Å². The van der Waals surface area contributed by atoms with E-state index >= 15 is 0 Å². The monoisotopic (exact) mass is 272 g/mol. The van der Waals surface area contributed by atoms with E-state index in [1.165, 1.54) is 11.3 Å². The van der Waals surface area contributed by atoms with Crippen molar-refractivity contribution in [2.24, 2.45) is 11.8 Å². The van der Waals surface area contributed by atoms with Gasteiger partial charge < -0.3 is 9.80 Å². The number of carbonyl (C=O) groups is 1. The maximum absolute atomic E-state index is 11.5. The van der Waals surface area contributed by atoms with Crippen LogP contribution in [-0.2, 0) is 4.79 Å². The van der Waals surface area contributed by atoms with Crippen LogP contribution in [-0.4, -0.2) is 37.0 Å². The van der Waals surface area contributed by atoms with Crippen molar-refractivity contribution >= 4 is 11.6 Å². The molecule has 0 bridgehead atoms. The Morgan fingerprint density at radius 1 is 1.15 bits per heavy atom. The predicted molar refractivity (Wildman–Crippen MR) is 82.0 cm³/mol. The van der Waals surface area contributed by atoms with Gasteiger partial charge in [0.15, 0.2) is 0 Å². The highest BCUT2D eigenvalue weighted by Crippen LogP contribution is 2.34. The lowest BCUT2D eigenvalue weighted by Gasteiger charge is -2.23. The smallest absolute Gasteiger partial charge is 0.219 e.